The van der Waals surface area contributed by atoms with Crippen LogP contribution in [-0.2, 0) is 0 Å². The van der Waals surface area contributed by atoms with E-state index >= 15 is 0 Å². The number of nitrogens with one attached hydrogen (secondary N) is 1. The summed E-state index contributed by atoms with van der Waals surface area (Å²) >= 11 is 0. The van der Waals surface area contributed by atoms with Crippen LogP contribution in [0.4, 0.5) is 5.69 Å². The number of para-hydroxylation sites is 1. The van der Waals surface area contributed by atoms with Gasteiger partial charge in [0.05, 0.1) is 17.8 Å². The Morgan fingerprint density at radius 1 is 1.27 bits per heavy atom. The average molecular weight is 296 g/mol. The molecule has 0 spiro atoms. The third kappa shape index (κ3) is 3.70. The molecule has 0 atom stereocenters. The maximum absolute atomic E-state index is 12.0. The van der Waals surface area contributed by atoms with Crippen molar-refractivity contribution in [3.05, 3.63) is 53.0 Å². The highest BCUT2D eigenvalue weighted by atomic mass is 16.3. The SMILES string of the molecule is Cc1cc(C(=O)NCC#Cc2ccccc2N(C)C)c(C)o1. The number of hydrogen-bond acceptors (Lipinski definition) is 3. The van der Waals surface area contributed by atoms with Gasteiger partial charge in [0.2, 0.25) is 0 Å². The summed E-state index contributed by atoms with van der Waals surface area (Å²) in [4.78, 5) is 14.0. The van der Waals surface area contributed by atoms with Gasteiger partial charge in [0.25, 0.3) is 5.91 Å². The van der Waals surface area contributed by atoms with Crippen LogP contribution in [0.3, 0.4) is 0 Å². The highest BCUT2D eigenvalue weighted by Gasteiger charge is 2.12. The molecule has 1 amide bonds. The number of nitrogens with zero attached hydrogens (tertiary/aromatic N) is 1. The lowest BCUT2D eigenvalue weighted by molar-refractivity contribution is 0.0957. The van der Waals surface area contributed by atoms with Crippen LogP contribution < -0.4 is 10.2 Å². The standard InChI is InChI=1S/C18H20N2O2/c1-13-12-16(14(2)22-13)18(21)19-11-7-9-15-8-5-6-10-17(15)20(3)4/h5-6,8,10,12H,11H2,1-4H3,(H,19,21). The molecule has 1 aromatic heterocycles. The van der Waals surface area contributed by atoms with Crippen molar-refractivity contribution in [1.29, 1.82) is 0 Å². The van der Waals surface area contributed by atoms with Gasteiger partial charge in [-0.05, 0) is 32.0 Å². The highest BCUT2D eigenvalue weighted by Crippen LogP contribution is 2.16. The lowest BCUT2D eigenvalue weighted by Crippen LogP contribution is -2.23. The summed E-state index contributed by atoms with van der Waals surface area (Å²) in [5.74, 6) is 7.27. The van der Waals surface area contributed by atoms with Gasteiger partial charge in [-0.25, -0.2) is 0 Å². The van der Waals surface area contributed by atoms with E-state index in [1.54, 1.807) is 13.0 Å². The monoisotopic (exact) mass is 296 g/mol. The molecule has 0 aliphatic heterocycles. The van der Waals surface area contributed by atoms with Crippen LogP contribution in [0.1, 0.15) is 27.4 Å². The van der Waals surface area contributed by atoms with Crippen molar-refractivity contribution >= 4 is 11.6 Å². The molecule has 0 fully saturated rings. The van der Waals surface area contributed by atoms with Crippen LogP contribution in [0.15, 0.2) is 34.7 Å². The Morgan fingerprint density at radius 3 is 2.64 bits per heavy atom. The second-order valence-corrected chi connectivity index (χ2v) is 5.22. The summed E-state index contributed by atoms with van der Waals surface area (Å²) in [6.07, 6.45) is 0. The molecule has 2 aromatic rings. The summed E-state index contributed by atoms with van der Waals surface area (Å²) in [7, 11) is 3.96. The summed E-state index contributed by atoms with van der Waals surface area (Å²) in [6, 6.07) is 9.65. The van der Waals surface area contributed by atoms with Crippen LogP contribution in [0, 0.1) is 25.7 Å². The topological polar surface area (TPSA) is 45.5 Å². The third-order valence-corrected chi connectivity index (χ3v) is 3.23. The molecule has 114 valence electrons. The lowest BCUT2D eigenvalue weighted by Gasteiger charge is -2.13. The number of amides is 1. The molecule has 1 heterocycles. The first-order valence-electron chi connectivity index (χ1n) is 7.09. The number of rotatable bonds is 3. The fourth-order valence-electron chi connectivity index (χ4n) is 2.18. The summed E-state index contributed by atoms with van der Waals surface area (Å²) < 4.78 is 5.35. The van der Waals surface area contributed by atoms with E-state index < -0.39 is 0 Å². The van der Waals surface area contributed by atoms with Crippen LogP contribution in [0.5, 0.6) is 0 Å². The molecular formula is C18H20N2O2. The molecule has 0 unspecified atom stereocenters. The van der Waals surface area contributed by atoms with Gasteiger partial charge in [-0.1, -0.05) is 24.0 Å². The zero-order chi connectivity index (χ0) is 16.1. The Kier molecular flexibility index (Phi) is 4.90. The van der Waals surface area contributed by atoms with E-state index in [1.807, 2.05) is 50.2 Å². The number of carbonyl (C=O) groups excluding carboxylic acids is 1. The van der Waals surface area contributed by atoms with Crippen molar-refractivity contribution in [3.63, 3.8) is 0 Å². The molecule has 2 rings (SSSR count). The molecule has 4 nitrogen and oxygen atoms in total. The molecule has 0 aliphatic rings. The van der Waals surface area contributed by atoms with Crippen molar-refractivity contribution in [2.45, 2.75) is 13.8 Å². The Labute approximate surface area is 131 Å². The zero-order valence-corrected chi connectivity index (χ0v) is 13.4. The Balaban J connectivity index is 2.01. The Morgan fingerprint density at radius 2 is 2.00 bits per heavy atom. The second kappa shape index (κ2) is 6.86. The van der Waals surface area contributed by atoms with E-state index in [4.69, 9.17) is 4.42 Å². The summed E-state index contributed by atoms with van der Waals surface area (Å²) in [5.41, 5.74) is 2.56. The number of benzene rings is 1. The number of aryl methyl sites for hydroxylation is 2. The van der Waals surface area contributed by atoms with Gasteiger partial charge < -0.3 is 14.6 Å². The first kappa shape index (κ1) is 15.7. The number of carbonyl (C=O) groups is 1. The minimum absolute atomic E-state index is 0.162. The first-order valence-corrected chi connectivity index (χ1v) is 7.09. The third-order valence-electron chi connectivity index (χ3n) is 3.23. The van der Waals surface area contributed by atoms with Gasteiger partial charge in [0.1, 0.15) is 11.5 Å². The molecule has 1 aromatic carbocycles. The van der Waals surface area contributed by atoms with Gasteiger partial charge in [-0.3, -0.25) is 4.79 Å². The fraction of sp³-hybridized carbons (Fsp3) is 0.278. The minimum atomic E-state index is -0.162. The van der Waals surface area contributed by atoms with E-state index in [-0.39, 0.29) is 5.91 Å². The van der Waals surface area contributed by atoms with Gasteiger partial charge in [-0.15, -0.1) is 0 Å². The van der Waals surface area contributed by atoms with E-state index in [2.05, 4.69) is 17.2 Å². The number of anilines is 1. The molecule has 0 radical (unpaired) electrons. The average Bonchev–Trinajstić information content (AvgIpc) is 2.82. The largest absolute Gasteiger partial charge is 0.466 e. The molecule has 0 saturated heterocycles. The van der Waals surface area contributed by atoms with Gasteiger partial charge in [0.15, 0.2) is 0 Å². The molecular weight excluding hydrogens is 276 g/mol. The Hall–Kier alpha value is -2.67. The first-order chi connectivity index (χ1) is 10.5. The van der Waals surface area contributed by atoms with Crippen molar-refractivity contribution in [2.75, 3.05) is 25.5 Å². The quantitative estimate of drug-likeness (QED) is 0.886. The van der Waals surface area contributed by atoms with Crippen molar-refractivity contribution in [3.8, 4) is 11.8 Å². The summed E-state index contributed by atoms with van der Waals surface area (Å²) in [5, 5.41) is 2.79. The predicted octanol–water partition coefficient (Wildman–Crippen LogP) is 2.74. The second-order valence-electron chi connectivity index (χ2n) is 5.22. The molecule has 22 heavy (non-hydrogen) atoms. The molecule has 0 bridgehead atoms. The van der Waals surface area contributed by atoms with Gasteiger partial charge in [0, 0.05) is 19.7 Å². The molecule has 1 N–H and O–H groups in total. The van der Waals surface area contributed by atoms with Crippen molar-refractivity contribution in [1.82, 2.24) is 5.32 Å². The van der Waals surface area contributed by atoms with E-state index in [1.165, 1.54) is 0 Å². The van der Waals surface area contributed by atoms with Crippen LogP contribution in [0.25, 0.3) is 0 Å². The predicted molar refractivity (Wildman–Crippen MR) is 88.2 cm³/mol. The zero-order valence-electron chi connectivity index (χ0n) is 13.4. The molecule has 4 heteroatoms. The fourth-order valence-corrected chi connectivity index (χ4v) is 2.18. The smallest absolute Gasteiger partial charge is 0.255 e. The van der Waals surface area contributed by atoms with Crippen molar-refractivity contribution < 1.29 is 9.21 Å². The van der Waals surface area contributed by atoms with Gasteiger partial charge in [-0.2, -0.15) is 0 Å². The maximum atomic E-state index is 12.0. The minimum Gasteiger partial charge on any atom is -0.466 e. The van der Waals surface area contributed by atoms with E-state index in [0.717, 1.165) is 17.0 Å². The van der Waals surface area contributed by atoms with Gasteiger partial charge >= 0.3 is 0 Å². The van der Waals surface area contributed by atoms with E-state index in [9.17, 15) is 4.79 Å². The molecule has 0 aliphatic carbocycles. The van der Waals surface area contributed by atoms with Crippen molar-refractivity contribution in [2.24, 2.45) is 0 Å². The Bertz CT molecular complexity index is 733. The lowest BCUT2D eigenvalue weighted by atomic mass is 10.1. The highest BCUT2D eigenvalue weighted by molar-refractivity contribution is 5.95. The normalized spacial score (nSPS) is 9.82. The number of hydrogen-bond donors (Lipinski definition) is 1. The molecule has 0 saturated carbocycles. The van der Waals surface area contributed by atoms with E-state index in [0.29, 0.717) is 17.9 Å². The summed E-state index contributed by atoms with van der Waals surface area (Å²) in [6.45, 7) is 3.90. The number of furan rings is 1. The maximum Gasteiger partial charge on any atom is 0.255 e. The van der Waals surface area contributed by atoms with Crippen LogP contribution in [0.2, 0.25) is 0 Å². The van der Waals surface area contributed by atoms with Crippen LogP contribution in [-0.4, -0.2) is 26.5 Å². The van der Waals surface area contributed by atoms with Crippen LogP contribution >= 0.6 is 0 Å².